The predicted octanol–water partition coefficient (Wildman–Crippen LogP) is 5.91. The Morgan fingerprint density at radius 2 is 1.15 bits per heavy atom. The van der Waals surface area contributed by atoms with Crippen LogP contribution in [0.1, 0.15) is 54.4 Å². The van der Waals surface area contributed by atoms with Crippen molar-refractivity contribution in [1.29, 1.82) is 0 Å². The summed E-state index contributed by atoms with van der Waals surface area (Å²) in [6, 6.07) is 0. The van der Waals surface area contributed by atoms with E-state index in [9.17, 15) is 0 Å². The van der Waals surface area contributed by atoms with Gasteiger partial charge in [0.15, 0.2) is 0 Å². The average Bonchev–Trinajstić information content (AvgIpc) is 2.79. The number of rotatable bonds is 2. The summed E-state index contributed by atoms with van der Waals surface area (Å²) in [6.45, 7) is 14.0. The van der Waals surface area contributed by atoms with Crippen LogP contribution in [-0.4, -0.2) is 3.21 Å². The smallest absolute Gasteiger partial charge is 0.147 e. The molecule has 0 heterocycles. The third-order valence-corrected chi connectivity index (χ3v) is 12.7. The number of allylic oxidation sites excluding steroid dienone is 8. The normalized spacial score (nSPS) is 17.5. The first kappa shape index (κ1) is 20.3. The molecule has 2 rings (SSSR count). The fourth-order valence-electron chi connectivity index (χ4n) is 2.96. The third-order valence-electron chi connectivity index (χ3n) is 4.42. The molecule has 0 saturated carbocycles. The summed E-state index contributed by atoms with van der Waals surface area (Å²) in [5.41, 5.74) is 6.25. The van der Waals surface area contributed by atoms with E-state index in [-0.39, 0.29) is 24.8 Å². The minimum atomic E-state index is -1.70. The molecule has 0 spiro atoms. The summed E-state index contributed by atoms with van der Waals surface area (Å²) in [4.78, 5) is 0. The largest absolute Gasteiger partial charge is 0.147 e. The molecule has 0 saturated heterocycles. The second-order valence-electron chi connectivity index (χ2n) is 5.76. The fraction of sp³-hybridized carbons (Fsp3) is 0.471. The number of halogens is 2. The van der Waals surface area contributed by atoms with Crippen LogP contribution in [0.4, 0.5) is 0 Å². The van der Waals surface area contributed by atoms with Crippen LogP contribution in [0, 0.1) is 0 Å². The molecule has 2 aliphatic carbocycles. The topological polar surface area (TPSA) is 0 Å². The Bertz CT molecular complexity index is 510. The van der Waals surface area contributed by atoms with E-state index in [4.69, 9.17) is 0 Å². The van der Waals surface area contributed by atoms with Gasteiger partial charge in [-0.2, -0.15) is 0 Å². The van der Waals surface area contributed by atoms with Crippen molar-refractivity contribution in [1.82, 2.24) is 0 Å². The van der Waals surface area contributed by atoms with Crippen molar-refractivity contribution in [3.63, 3.8) is 0 Å². The molecule has 0 aromatic heterocycles. The van der Waals surface area contributed by atoms with Gasteiger partial charge in [-0.25, -0.2) is 0 Å². The molecule has 0 amide bonds. The number of hydrogen-bond acceptors (Lipinski definition) is 0. The monoisotopic (exact) mass is 390 g/mol. The van der Waals surface area contributed by atoms with Gasteiger partial charge >= 0.3 is 120 Å². The van der Waals surface area contributed by atoms with Gasteiger partial charge in [-0.15, -0.1) is 24.8 Å². The summed E-state index contributed by atoms with van der Waals surface area (Å²) in [7, 11) is 0. The molecule has 2 aliphatic rings. The fourth-order valence-corrected chi connectivity index (χ4v) is 11.1. The van der Waals surface area contributed by atoms with Gasteiger partial charge in [0.2, 0.25) is 0 Å². The number of hydrogen-bond donors (Lipinski definition) is 0. The van der Waals surface area contributed by atoms with E-state index in [0.29, 0.717) is 0 Å². The third kappa shape index (κ3) is 3.73. The second kappa shape index (κ2) is 8.07. The zero-order valence-corrected chi connectivity index (χ0v) is 17.5. The maximum Gasteiger partial charge on any atom is -0.147 e. The molecule has 0 aromatic rings. The molecule has 3 heteroatoms. The summed E-state index contributed by atoms with van der Waals surface area (Å²) >= 11 is -1.70. The minimum Gasteiger partial charge on any atom is -0.147 e. The molecule has 0 nitrogen and oxygen atoms in total. The van der Waals surface area contributed by atoms with Gasteiger partial charge in [0, 0.05) is 0 Å². The van der Waals surface area contributed by atoms with E-state index in [1.54, 1.807) is 14.4 Å². The van der Waals surface area contributed by atoms with Crippen LogP contribution < -0.4 is 0 Å². The summed E-state index contributed by atoms with van der Waals surface area (Å²) < 4.78 is 5.38. The minimum absolute atomic E-state index is 0. The summed E-state index contributed by atoms with van der Waals surface area (Å²) in [5, 5.41) is 0. The van der Waals surface area contributed by atoms with E-state index in [1.165, 1.54) is 24.0 Å². The van der Waals surface area contributed by atoms with Crippen molar-refractivity contribution < 1.29 is 21.3 Å². The first-order valence-corrected chi connectivity index (χ1v) is 10.5. The van der Waals surface area contributed by atoms with E-state index in [0.717, 1.165) is 0 Å². The van der Waals surface area contributed by atoms with Gasteiger partial charge in [0.1, 0.15) is 0 Å². The quantitative estimate of drug-likeness (QED) is 0.548. The molecule has 0 aromatic carbocycles. The van der Waals surface area contributed by atoms with Crippen LogP contribution in [0.25, 0.3) is 0 Å². The van der Waals surface area contributed by atoms with Crippen molar-refractivity contribution in [2.45, 2.75) is 54.4 Å². The van der Waals surface area contributed by atoms with Crippen LogP contribution in [-0.2, 0) is 21.3 Å². The van der Waals surface area contributed by atoms with Crippen LogP contribution in [0.2, 0.25) is 0 Å². The Labute approximate surface area is 144 Å². The van der Waals surface area contributed by atoms with E-state index in [2.05, 4.69) is 53.7 Å². The molecular formula is C17H26Cl2Zr. The van der Waals surface area contributed by atoms with Crippen LogP contribution in [0.3, 0.4) is 0 Å². The molecule has 0 atom stereocenters. The van der Waals surface area contributed by atoms with Crippen LogP contribution in [0.15, 0.2) is 41.0 Å². The van der Waals surface area contributed by atoms with Crippen LogP contribution >= 0.6 is 24.8 Å². The van der Waals surface area contributed by atoms with Crippen molar-refractivity contribution >= 4 is 28.0 Å². The first-order valence-electron chi connectivity index (χ1n) is 6.85. The summed E-state index contributed by atoms with van der Waals surface area (Å²) in [5.74, 6) is 0. The van der Waals surface area contributed by atoms with E-state index < -0.39 is 21.3 Å². The predicted molar refractivity (Wildman–Crippen MR) is 93.0 cm³/mol. The van der Waals surface area contributed by atoms with Gasteiger partial charge in [0.25, 0.3) is 0 Å². The molecule has 20 heavy (non-hydrogen) atoms. The van der Waals surface area contributed by atoms with Gasteiger partial charge in [-0.05, 0) is 0 Å². The van der Waals surface area contributed by atoms with E-state index >= 15 is 0 Å². The summed E-state index contributed by atoms with van der Waals surface area (Å²) in [6.07, 6.45) is 7.32. The maximum atomic E-state index is 2.43. The van der Waals surface area contributed by atoms with E-state index in [1.807, 2.05) is 6.56 Å². The second-order valence-corrected chi connectivity index (χ2v) is 13.0. The molecular weight excluding hydrogens is 366 g/mol. The van der Waals surface area contributed by atoms with Crippen molar-refractivity contribution in [3.05, 3.63) is 41.0 Å². The van der Waals surface area contributed by atoms with Crippen molar-refractivity contribution in [2.75, 3.05) is 0 Å². The molecule has 0 fully saturated rings. The SMILES string of the molecule is CC1=CC[C]([Zr]([C]2=C(C)C(C)=CC2)=[C](C)C)=C1C.Cl.Cl. The molecule has 0 unspecified atom stereocenters. The molecule has 112 valence electrons. The Hall–Kier alpha value is 0.293. The molecule has 0 aliphatic heterocycles. The molecule has 0 radical (unpaired) electrons. The standard InChI is InChI=1S/2C7H9.C3H6.2ClH.Zr/c2*1-6-4-3-5-7(6)2;1-3-2;;;/h2*4H,3H2,1-2H3;1-2H3;2*1H;. The Balaban J connectivity index is 0.00000180. The Morgan fingerprint density at radius 1 is 0.800 bits per heavy atom. The Morgan fingerprint density at radius 3 is 1.35 bits per heavy atom. The Kier molecular flexibility index (Phi) is 8.18. The van der Waals surface area contributed by atoms with Gasteiger partial charge in [0.05, 0.1) is 0 Å². The first-order chi connectivity index (χ1) is 8.43. The van der Waals surface area contributed by atoms with Gasteiger partial charge in [-0.3, -0.25) is 0 Å². The van der Waals surface area contributed by atoms with Crippen LogP contribution in [0.5, 0.6) is 0 Å². The zero-order chi connectivity index (χ0) is 13.4. The maximum absolute atomic E-state index is 2.43. The van der Waals surface area contributed by atoms with Crippen molar-refractivity contribution in [2.24, 2.45) is 0 Å². The molecule has 0 N–H and O–H groups in total. The van der Waals surface area contributed by atoms with Crippen molar-refractivity contribution in [3.8, 4) is 0 Å². The molecule has 0 bridgehead atoms. The zero-order valence-electron chi connectivity index (χ0n) is 13.4. The van der Waals surface area contributed by atoms with Gasteiger partial charge < -0.3 is 0 Å². The van der Waals surface area contributed by atoms with Gasteiger partial charge in [-0.1, -0.05) is 0 Å². The average molecular weight is 393 g/mol.